The van der Waals surface area contributed by atoms with Crippen molar-refractivity contribution in [1.82, 2.24) is 5.32 Å². The van der Waals surface area contributed by atoms with Gasteiger partial charge in [0.2, 0.25) is 5.91 Å². The van der Waals surface area contributed by atoms with Crippen LogP contribution in [-0.2, 0) is 4.79 Å². The molecule has 4 nitrogen and oxygen atoms in total. The van der Waals surface area contributed by atoms with Crippen LogP contribution in [-0.4, -0.2) is 24.2 Å². The summed E-state index contributed by atoms with van der Waals surface area (Å²) in [6, 6.07) is 6.98. The number of rotatable bonds is 6. The highest BCUT2D eigenvalue weighted by Crippen LogP contribution is 2.15. The summed E-state index contributed by atoms with van der Waals surface area (Å²) in [6.45, 7) is 0. The van der Waals surface area contributed by atoms with E-state index in [1.54, 1.807) is 31.3 Å². The second-order valence-corrected chi connectivity index (χ2v) is 4.61. The Balaban J connectivity index is 2.66. The fraction of sp³-hybridized carbons (Fsp3) is 0.385. The third kappa shape index (κ3) is 4.49. The summed E-state index contributed by atoms with van der Waals surface area (Å²) in [5.41, 5.74) is 1.04. The standard InChI is InChI=1S/C13H17BrN2O2/c1-15-13(18)10-6-2-3-7-11(10)16-12(17)8-4-5-9-14/h2-3,6-7H,4-5,8-9H2,1H3,(H,15,18)(H,16,17). The highest BCUT2D eigenvalue weighted by atomic mass is 79.9. The summed E-state index contributed by atoms with van der Waals surface area (Å²) in [4.78, 5) is 23.3. The Kier molecular flexibility index (Phi) is 6.43. The quantitative estimate of drug-likeness (QED) is 0.626. The average Bonchev–Trinajstić information content (AvgIpc) is 2.39. The van der Waals surface area contributed by atoms with Crippen molar-refractivity contribution in [3.63, 3.8) is 0 Å². The van der Waals surface area contributed by atoms with Gasteiger partial charge in [-0.3, -0.25) is 9.59 Å². The van der Waals surface area contributed by atoms with Gasteiger partial charge in [-0.05, 0) is 25.0 Å². The van der Waals surface area contributed by atoms with Crippen molar-refractivity contribution >= 4 is 33.4 Å². The molecular weight excluding hydrogens is 296 g/mol. The second-order valence-electron chi connectivity index (χ2n) is 3.82. The molecule has 1 aromatic rings. The van der Waals surface area contributed by atoms with Gasteiger partial charge in [0.25, 0.3) is 5.91 Å². The molecule has 0 bridgehead atoms. The van der Waals surface area contributed by atoms with Crippen LogP contribution in [0.25, 0.3) is 0 Å². The van der Waals surface area contributed by atoms with Crippen molar-refractivity contribution in [3.05, 3.63) is 29.8 Å². The predicted molar refractivity (Wildman–Crippen MR) is 76.1 cm³/mol. The van der Waals surface area contributed by atoms with Crippen LogP contribution in [0.1, 0.15) is 29.6 Å². The maximum Gasteiger partial charge on any atom is 0.253 e. The summed E-state index contributed by atoms with van der Waals surface area (Å²) in [7, 11) is 1.57. The lowest BCUT2D eigenvalue weighted by molar-refractivity contribution is -0.116. The molecule has 18 heavy (non-hydrogen) atoms. The van der Waals surface area contributed by atoms with Gasteiger partial charge in [0.1, 0.15) is 0 Å². The highest BCUT2D eigenvalue weighted by Gasteiger charge is 2.11. The van der Waals surface area contributed by atoms with E-state index in [4.69, 9.17) is 0 Å². The Labute approximate surface area is 115 Å². The summed E-state index contributed by atoms with van der Waals surface area (Å²) >= 11 is 3.32. The van der Waals surface area contributed by atoms with Gasteiger partial charge in [0.05, 0.1) is 11.3 Å². The van der Waals surface area contributed by atoms with Gasteiger partial charge >= 0.3 is 0 Å². The number of halogens is 1. The number of alkyl halides is 1. The van der Waals surface area contributed by atoms with E-state index in [-0.39, 0.29) is 11.8 Å². The van der Waals surface area contributed by atoms with Gasteiger partial charge in [-0.15, -0.1) is 0 Å². The first-order valence-corrected chi connectivity index (χ1v) is 6.98. The third-order valence-corrected chi connectivity index (χ3v) is 3.02. The molecule has 0 aliphatic heterocycles. The topological polar surface area (TPSA) is 58.2 Å². The fourth-order valence-electron chi connectivity index (χ4n) is 1.52. The molecule has 0 aliphatic rings. The summed E-state index contributed by atoms with van der Waals surface area (Å²) in [6.07, 6.45) is 2.26. The molecule has 5 heteroatoms. The Hall–Kier alpha value is -1.36. The van der Waals surface area contributed by atoms with E-state index in [2.05, 4.69) is 26.6 Å². The number of nitrogens with one attached hydrogen (secondary N) is 2. The average molecular weight is 313 g/mol. The molecule has 0 aromatic heterocycles. The van der Waals surface area contributed by atoms with Gasteiger partial charge in [0.15, 0.2) is 0 Å². The normalized spacial score (nSPS) is 9.89. The highest BCUT2D eigenvalue weighted by molar-refractivity contribution is 9.09. The zero-order valence-electron chi connectivity index (χ0n) is 10.3. The maximum atomic E-state index is 11.7. The van der Waals surface area contributed by atoms with Crippen LogP contribution in [0.5, 0.6) is 0 Å². The Morgan fingerprint density at radius 2 is 1.94 bits per heavy atom. The number of carbonyl (C=O) groups excluding carboxylic acids is 2. The van der Waals surface area contributed by atoms with E-state index in [9.17, 15) is 9.59 Å². The van der Waals surface area contributed by atoms with Crippen LogP contribution < -0.4 is 10.6 Å². The van der Waals surface area contributed by atoms with Crippen molar-refractivity contribution in [2.24, 2.45) is 0 Å². The van der Waals surface area contributed by atoms with Crippen LogP contribution in [0.4, 0.5) is 5.69 Å². The number of benzene rings is 1. The Bertz CT molecular complexity index is 421. The van der Waals surface area contributed by atoms with Gasteiger partial charge in [0, 0.05) is 18.8 Å². The number of carbonyl (C=O) groups is 2. The van der Waals surface area contributed by atoms with E-state index in [1.807, 2.05) is 0 Å². The van der Waals surface area contributed by atoms with Gasteiger partial charge in [-0.1, -0.05) is 28.1 Å². The third-order valence-electron chi connectivity index (χ3n) is 2.46. The second kappa shape index (κ2) is 7.87. The number of unbranched alkanes of at least 4 members (excludes halogenated alkanes) is 1. The fourth-order valence-corrected chi connectivity index (χ4v) is 1.91. The maximum absolute atomic E-state index is 11.7. The molecule has 2 amide bonds. The molecule has 0 saturated heterocycles. The molecule has 0 saturated carbocycles. The number of para-hydroxylation sites is 1. The number of hydrogen-bond donors (Lipinski definition) is 2. The van der Waals surface area contributed by atoms with Crippen molar-refractivity contribution in [2.45, 2.75) is 19.3 Å². The Morgan fingerprint density at radius 3 is 2.61 bits per heavy atom. The van der Waals surface area contributed by atoms with E-state index < -0.39 is 0 Å². The van der Waals surface area contributed by atoms with E-state index >= 15 is 0 Å². The van der Waals surface area contributed by atoms with Crippen molar-refractivity contribution in [1.29, 1.82) is 0 Å². The van der Waals surface area contributed by atoms with Crippen LogP contribution in [0.15, 0.2) is 24.3 Å². The molecule has 2 N–H and O–H groups in total. The molecule has 0 atom stereocenters. The lowest BCUT2D eigenvalue weighted by Crippen LogP contribution is -2.21. The van der Waals surface area contributed by atoms with Crippen molar-refractivity contribution in [3.8, 4) is 0 Å². The minimum absolute atomic E-state index is 0.0627. The zero-order valence-corrected chi connectivity index (χ0v) is 11.9. The molecule has 1 rings (SSSR count). The molecule has 0 fully saturated rings. The molecular formula is C13H17BrN2O2. The van der Waals surface area contributed by atoms with E-state index in [0.717, 1.165) is 18.2 Å². The monoisotopic (exact) mass is 312 g/mol. The molecule has 1 aromatic carbocycles. The molecule has 0 heterocycles. The van der Waals surface area contributed by atoms with Crippen molar-refractivity contribution < 1.29 is 9.59 Å². The van der Waals surface area contributed by atoms with Crippen LogP contribution in [0, 0.1) is 0 Å². The van der Waals surface area contributed by atoms with Crippen molar-refractivity contribution in [2.75, 3.05) is 17.7 Å². The SMILES string of the molecule is CNC(=O)c1ccccc1NC(=O)CCCCBr. The molecule has 0 unspecified atom stereocenters. The largest absolute Gasteiger partial charge is 0.355 e. The number of hydrogen-bond acceptors (Lipinski definition) is 2. The Morgan fingerprint density at radius 1 is 1.22 bits per heavy atom. The predicted octanol–water partition coefficient (Wildman–Crippen LogP) is 2.55. The lowest BCUT2D eigenvalue weighted by atomic mass is 10.1. The summed E-state index contributed by atoms with van der Waals surface area (Å²) < 4.78 is 0. The first-order valence-electron chi connectivity index (χ1n) is 5.86. The molecule has 0 radical (unpaired) electrons. The lowest BCUT2D eigenvalue weighted by Gasteiger charge is -2.09. The van der Waals surface area contributed by atoms with E-state index in [1.165, 1.54) is 0 Å². The van der Waals surface area contributed by atoms with Gasteiger partial charge < -0.3 is 10.6 Å². The number of amides is 2. The summed E-state index contributed by atoms with van der Waals surface area (Å²) in [5.74, 6) is -0.265. The van der Waals surface area contributed by atoms with Gasteiger partial charge in [-0.2, -0.15) is 0 Å². The van der Waals surface area contributed by atoms with Crippen LogP contribution in [0.3, 0.4) is 0 Å². The van der Waals surface area contributed by atoms with Crippen LogP contribution >= 0.6 is 15.9 Å². The van der Waals surface area contributed by atoms with E-state index in [0.29, 0.717) is 17.7 Å². The minimum Gasteiger partial charge on any atom is -0.355 e. The summed E-state index contributed by atoms with van der Waals surface area (Å²) in [5, 5.41) is 6.22. The first kappa shape index (κ1) is 14.7. The molecule has 98 valence electrons. The van der Waals surface area contributed by atoms with Crippen LogP contribution in [0.2, 0.25) is 0 Å². The number of anilines is 1. The smallest absolute Gasteiger partial charge is 0.253 e. The molecule has 0 aliphatic carbocycles. The minimum atomic E-state index is -0.202. The van der Waals surface area contributed by atoms with Gasteiger partial charge in [-0.25, -0.2) is 0 Å². The zero-order chi connectivity index (χ0) is 13.4. The first-order chi connectivity index (χ1) is 8.69. The molecule has 0 spiro atoms.